The Bertz CT molecular complexity index is 3970. The zero-order valence-corrected chi connectivity index (χ0v) is 33.3. The fraction of sp³-hybridized carbons (Fsp3) is 0. The van der Waals surface area contributed by atoms with Gasteiger partial charge < -0.3 is 0 Å². The first-order valence-corrected chi connectivity index (χ1v) is 21.1. The summed E-state index contributed by atoms with van der Waals surface area (Å²) < 4.78 is 102. The molecule has 0 spiro atoms. The fourth-order valence-corrected chi connectivity index (χ4v) is 10.8. The van der Waals surface area contributed by atoms with E-state index < -0.39 is 0 Å². The molecule has 12 aromatic rings. The van der Waals surface area contributed by atoms with Crippen molar-refractivity contribution in [3.63, 3.8) is 0 Å². The second kappa shape index (κ2) is 12.6. The van der Waals surface area contributed by atoms with Gasteiger partial charge in [-0.25, -0.2) is 0 Å². The van der Waals surface area contributed by atoms with Crippen LogP contribution in [0.4, 0.5) is 0 Å². The molecule has 0 aliphatic heterocycles. The highest BCUT2D eigenvalue weighted by Gasteiger charge is 2.29. The lowest BCUT2D eigenvalue weighted by molar-refractivity contribution is -0.595. The normalized spacial score (nSPS) is 13.5. The van der Waals surface area contributed by atoms with E-state index in [1.54, 1.807) is 0 Å². The Balaban J connectivity index is 0.000000659. The Morgan fingerprint density at radius 1 is 0.371 bits per heavy atom. The summed E-state index contributed by atoms with van der Waals surface area (Å²) in [6.45, 7) is 0. The summed E-state index contributed by atoms with van der Waals surface area (Å²) in [5.74, 6) is 0. The van der Waals surface area contributed by atoms with E-state index in [0.717, 1.165) is 28.1 Å². The van der Waals surface area contributed by atoms with Crippen LogP contribution < -0.4 is 4.57 Å². The number of fused-ring (bicyclic) bond motifs is 11. The van der Waals surface area contributed by atoms with Crippen molar-refractivity contribution in [2.75, 3.05) is 0 Å². The molecule has 0 saturated carbocycles. The summed E-state index contributed by atoms with van der Waals surface area (Å²) in [4.78, 5) is 13.5. The van der Waals surface area contributed by atoms with Crippen LogP contribution in [0, 0.1) is 0 Å². The fourth-order valence-electron chi connectivity index (χ4n) is 10.8. The average Bonchev–Trinajstić information content (AvgIpc) is 2.10. The highest BCUT2D eigenvalue weighted by atomic mass is 14.9. The SMILES string of the molecule is [2H][2H].[2H][2H].[2H][2H].[2H][2H].[2H][2H].[2H][2H].[2H][2H].[2H][2H].[2H][2H].[2H][2H].c1cc2c3c(cccc3c1)-c1cc3c(cc1-2)c(-c1ccnc(-c2ccncc2)c1)cc1c2cc4c(c(-c5ccc[n+](-c6ccncc6)c5)c2ccc31)-c1cccc2cccc-4c12. The molecule has 0 N–H and O–H groups in total. The van der Waals surface area contributed by atoms with Gasteiger partial charge in [0.2, 0.25) is 5.69 Å². The predicted molar refractivity (Wildman–Crippen MR) is 275 cm³/mol. The second-order valence-electron chi connectivity index (χ2n) is 16.6. The van der Waals surface area contributed by atoms with E-state index in [1.165, 1.54) is 109 Å². The van der Waals surface area contributed by atoms with Gasteiger partial charge in [0.05, 0.1) is 5.69 Å². The van der Waals surface area contributed by atoms with Crippen LogP contribution in [0.1, 0.15) is 29.7 Å². The molecule has 0 amide bonds. The molecule has 2 aliphatic rings. The smallest absolute Gasteiger partial charge is 0.213 e. The Labute approximate surface area is 387 Å². The summed E-state index contributed by atoms with van der Waals surface area (Å²) in [5, 5.41) is 12.6. The number of rotatable bonds is 4. The van der Waals surface area contributed by atoms with Crippen LogP contribution in [-0.4, -0.2) is 15.0 Å². The van der Waals surface area contributed by atoms with E-state index in [2.05, 4.69) is 173 Å². The second-order valence-corrected chi connectivity index (χ2v) is 16.6. The largest absolute Gasteiger partial charge is 0.265 e. The molecule has 14 rings (SSSR count). The highest BCUT2D eigenvalue weighted by molar-refractivity contribution is 6.29. The highest BCUT2D eigenvalue weighted by Crippen LogP contribution is 2.55. The van der Waals surface area contributed by atoms with E-state index in [1.807, 2.05) is 43.1 Å². The molecule has 4 heterocycles. The molecule has 0 bridgehead atoms. The maximum atomic E-state index is 5.00. The quantitative estimate of drug-likeness (QED) is 0.131. The summed E-state index contributed by atoms with van der Waals surface area (Å²) in [6.07, 6.45) is 13.7. The molecule has 4 nitrogen and oxygen atoms in total. The van der Waals surface area contributed by atoms with Crippen molar-refractivity contribution >= 4 is 53.9 Å². The zero-order chi connectivity index (χ0) is 60.5. The third kappa shape index (κ3) is 4.66. The summed E-state index contributed by atoms with van der Waals surface area (Å²) >= 11 is 0. The summed E-state index contributed by atoms with van der Waals surface area (Å²) in [6, 6.07) is 58.6. The lowest BCUT2D eigenvalue weighted by Gasteiger charge is -2.19. The maximum Gasteiger partial charge on any atom is 0.213 e. The zero-order valence-electron chi connectivity index (χ0n) is 53.3. The molecule has 304 valence electrons. The third-order valence-corrected chi connectivity index (χ3v) is 13.4. The Morgan fingerprint density at radius 2 is 0.935 bits per heavy atom. The van der Waals surface area contributed by atoms with E-state index in [4.69, 9.17) is 34.7 Å². The van der Waals surface area contributed by atoms with Gasteiger partial charge in [-0.05, 0) is 164 Å². The minimum absolute atomic E-state index is 0.923. The van der Waals surface area contributed by atoms with Gasteiger partial charge in [-0.3, -0.25) is 15.0 Å². The molecule has 0 saturated heterocycles. The average molecular weight is 826 g/mol. The number of pyridine rings is 4. The van der Waals surface area contributed by atoms with Crippen molar-refractivity contribution in [1.29, 1.82) is 0 Å². The van der Waals surface area contributed by atoms with Crippen LogP contribution in [0.5, 0.6) is 0 Å². The van der Waals surface area contributed by atoms with Crippen LogP contribution in [0.3, 0.4) is 0 Å². The van der Waals surface area contributed by atoms with Crippen molar-refractivity contribution in [2.24, 2.45) is 0 Å². The number of hydrogen-bond acceptors (Lipinski definition) is 3. The van der Waals surface area contributed by atoms with Gasteiger partial charge in [0.1, 0.15) is 0 Å². The van der Waals surface area contributed by atoms with Crippen LogP contribution in [0.25, 0.3) is 138 Å². The lowest BCUT2D eigenvalue weighted by Crippen LogP contribution is -2.29. The van der Waals surface area contributed by atoms with Gasteiger partial charge in [0.25, 0.3) is 0 Å². The Kier molecular flexibility index (Phi) is 5.14. The van der Waals surface area contributed by atoms with Gasteiger partial charge in [0.15, 0.2) is 12.4 Å². The van der Waals surface area contributed by atoms with Crippen molar-refractivity contribution in [2.45, 2.75) is 0 Å². The Hall–Kier alpha value is -8.34. The molecule has 0 unspecified atom stereocenters. The standard InChI is InChI=1S/C58H33N4.10H2/c1-6-35-7-2-12-42-50-31-52-46(37-19-26-61-54(28-37)34-17-22-59-23-18-34)29-47-40(48(52)30-49(50)41(11-1)55(35)42)15-16-44-51(47)32-53-43-13-3-8-36-9-4-14-45(56(36)43)58(53)57(44)38-10-5-27-62(33-38)39-20-24-60-25-21-39;;;;;;;;;;/h1-33H;10*1H/q+1;;;;;;;;;;/i;10*1+1D. The van der Waals surface area contributed by atoms with Crippen LogP contribution in [0.2, 0.25) is 0 Å². The van der Waals surface area contributed by atoms with Gasteiger partial charge in [0, 0.05) is 95.6 Å². The number of aromatic nitrogens is 4. The predicted octanol–water partition coefficient (Wildman–Crippen LogP) is 16.7. The lowest BCUT2D eigenvalue weighted by atomic mass is 9.84. The molecule has 8 aromatic carbocycles. The van der Waals surface area contributed by atoms with Crippen LogP contribution >= 0.6 is 0 Å². The van der Waals surface area contributed by atoms with Gasteiger partial charge in [-0.2, -0.15) is 4.57 Å². The van der Waals surface area contributed by atoms with Crippen molar-refractivity contribution in [1.82, 2.24) is 15.0 Å². The van der Waals surface area contributed by atoms with E-state index in [9.17, 15) is 0 Å². The first kappa shape index (κ1) is 25.3. The summed E-state index contributed by atoms with van der Waals surface area (Å²) in [7, 11) is 0. The minimum Gasteiger partial charge on any atom is -0.265 e. The number of benzene rings is 8. The molecule has 0 radical (unpaired) electrons. The van der Waals surface area contributed by atoms with Crippen molar-refractivity contribution in [3.05, 3.63) is 201 Å². The molecule has 0 atom stereocenters. The van der Waals surface area contributed by atoms with Crippen molar-refractivity contribution in [3.8, 4) is 83.7 Å². The van der Waals surface area contributed by atoms with Crippen LogP contribution in [-0.2, 0) is 0 Å². The van der Waals surface area contributed by atoms with Gasteiger partial charge in [-0.15, -0.1) is 0 Å². The Morgan fingerprint density at radius 3 is 1.68 bits per heavy atom. The monoisotopic (exact) mass is 826 g/mol. The minimum atomic E-state index is 0.923. The van der Waals surface area contributed by atoms with Gasteiger partial charge in [-0.1, -0.05) is 84.9 Å². The summed E-state index contributed by atoms with van der Waals surface area (Å²) in [5.41, 5.74) is 18.1. The number of hydrogen-bond donors (Lipinski definition) is 0. The molecule has 62 heavy (non-hydrogen) atoms. The maximum absolute atomic E-state index is 5.00. The molecule has 4 aromatic heterocycles. The first-order chi connectivity index (χ1) is 40.7. The molecular weight excluding hydrogens is 753 g/mol. The van der Waals surface area contributed by atoms with E-state index >= 15 is 0 Å². The first-order valence-electron chi connectivity index (χ1n) is 31.1. The van der Waals surface area contributed by atoms with Crippen LogP contribution in [0.15, 0.2) is 201 Å². The topological polar surface area (TPSA) is 42.5 Å². The molecular formula is C58H53N4+. The number of nitrogens with zero attached hydrogens (tertiary/aromatic N) is 4. The van der Waals surface area contributed by atoms with Gasteiger partial charge >= 0.3 is 0 Å². The van der Waals surface area contributed by atoms with E-state index in [-0.39, 0.29) is 0 Å². The molecule has 2 aliphatic carbocycles. The molecule has 0 fully saturated rings. The van der Waals surface area contributed by atoms with E-state index in [0.29, 0.717) is 0 Å². The van der Waals surface area contributed by atoms with Crippen molar-refractivity contribution < 1.29 is 34.3 Å². The third-order valence-electron chi connectivity index (χ3n) is 13.4. The molecule has 4 heteroatoms.